The Labute approximate surface area is 97.6 Å². The molecule has 0 unspecified atom stereocenters. The first-order valence-electron chi connectivity index (χ1n) is 4.97. The predicted molar refractivity (Wildman–Crippen MR) is 66.7 cm³/mol. The third-order valence-electron chi connectivity index (χ3n) is 2.55. The topological polar surface area (TPSA) is 26.0 Å². The van der Waals surface area contributed by atoms with Crippen molar-refractivity contribution in [2.24, 2.45) is 0 Å². The molecule has 1 aromatic carbocycles. The predicted octanol–water partition coefficient (Wildman–Crippen LogP) is 4.07. The molecule has 2 N–H and O–H groups in total. The molecule has 1 aromatic rings. The Balaban J connectivity index is 2.08. The SMILES string of the molecule is Nc1ccc(SC2CCCC2)c(Br)c1. The van der Waals surface area contributed by atoms with Crippen molar-refractivity contribution in [3.63, 3.8) is 0 Å². The van der Waals surface area contributed by atoms with Crippen LogP contribution >= 0.6 is 27.7 Å². The monoisotopic (exact) mass is 271 g/mol. The van der Waals surface area contributed by atoms with E-state index >= 15 is 0 Å². The number of thioether (sulfide) groups is 1. The van der Waals surface area contributed by atoms with Gasteiger partial charge in [-0.15, -0.1) is 11.8 Å². The molecular formula is C11H14BrNS. The molecule has 1 nitrogen and oxygen atoms in total. The highest BCUT2D eigenvalue weighted by Crippen LogP contribution is 2.38. The average molecular weight is 272 g/mol. The Morgan fingerprint density at radius 3 is 2.64 bits per heavy atom. The molecule has 2 rings (SSSR count). The van der Waals surface area contributed by atoms with Gasteiger partial charge >= 0.3 is 0 Å². The second kappa shape index (κ2) is 4.58. The van der Waals surface area contributed by atoms with Gasteiger partial charge in [-0.2, -0.15) is 0 Å². The van der Waals surface area contributed by atoms with E-state index in [0.717, 1.165) is 15.4 Å². The van der Waals surface area contributed by atoms with Gasteiger partial charge in [0.15, 0.2) is 0 Å². The van der Waals surface area contributed by atoms with Crippen molar-refractivity contribution in [1.82, 2.24) is 0 Å². The van der Waals surface area contributed by atoms with Gasteiger partial charge < -0.3 is 5.73 Å². The zero-order valence-corrected chi connectivity index (χ0v) is 10.4. The minimum atomic E-state index is 0.815. The number of halogens is 1. The van der Waals surface area contributed by atoms with Gasteiger partial charge in [-0.25, -0.2) is 0 Å². The lowest BCUT2D eigenvalue weighted by Crippen LogP contribution is -1.94. The second-order valence-electron chi connectivity index (χ2n) is 3.71. The van der Waals surface area contributed by atoms with Gasteiger partial charge in [-0.1, -0.05) is 12.8 Å². The summed E-state index contributed by atoms with van der Waals surface area (Å²) in [5, 5.41) is 0.815. The van der Waals surface area contributed by atoms with E-state index in [1.165, 1.54) is 30.6 Å². The Bertz CT molecular complexity index is 321. The molecule has 1 fully saturated rings. The van der Waals surface area contributed by atoms with Crippen LogP contribution in [0.4, 0.5) is 5.69 Å². The molecule has 3 heteroatoms. The quantitative estimate of drug-likeness (QED) is 0.821. The number of hydrogen-bond donors (Lipinski definition) is 1. The summed E-state index contributed by atoms with van der Waals surface area (Å²) in [7, 11) is 0. The summed E-state index contributed by atoms with van der Waals surface area (Å²) in [5.41, 5.74) is 6.52. The van der Waals surface area contributed by atoms with Crippen LogP contribution < -0.4 is 5.73 Å². The van der Waals surface area contributed by atoms with Gasteiger partial charge in [0.25, 0.3) is 0 Å². The lowest BCUT2D eigenvalue weighted by atomic mass is 10.3. The van der Waals surface area contributed by atoms with Crippen molar-refractivity contribution < 1.29 is 0 Å². The minimum Gasteiger partial charge on any atom is -0.399 e. The van der Waals surface area contributed by atoms with E-state index in [2.05, 4.69) is 22.0 Å². The molecule has 0 spiro atoms. The van der Waals surface area contributed by atoms with Gasteiger partial charge in [-0.05, 0) is 47.0 Å². The first-order chi connectivity index (χ1) is 6.75. The number of rotatable bonds is 2. The first kappa shape index (κ1) is 10.4. The Morgan fingerprint density at radius 2 is 2.00 bits per heavy atom. The molecule has 1 saturated carbocycles. The molecule has 0 bridgehead atoms. The zero-order chi connectivity index (χ0) is 9.97. The van der Waals surface area contributed by atoms with Crippen molar-refractivity contribution in [3.05, 3.63) is 22.7 Å². The average Bonchev–Trinajstić information content (AvgIpc) is 2.62. The fraction of sp³-hybridized carbons (Fsp3) is 0.455. The van der Waals surface area contributed by atoms with Crippen LogP contribution in [0.3, 0.4) is 0 Å². The summed E-state index contributed by atoms with van der Waals surface area (Å²) in [5.74, 6) is 0. The van der Waals surface area contributed by atoms with Gasteiger partial charge in [0.1, 0.15) is 0 Å². The van der Waals surface area contributed by atoms with E-state index in [1.807, 2.05) is 23.9 Å². The lowest BCUT2D eigenvalue weighted by molar-refractivity contribution is 0.886. The second-order valence-corrected chi connectivity index (χ2v) is 5.91. The highest BCUT2D eigenvalue weighted by molar-refractivity contribution is 9.10. The van der Waals surface area contributed by atoms with Crippen LogP contribution in [0.2, 0.25) is 0 Å². The van der Waals surface area contributed by atoms with Crippen LogP contribution in [0.15, 0.2) is 27.6 Å². The van der Waals surface area contributed by atoms with E-state index in [4.69, 9.17) is 5.73 Å². The maximum atomic E-state index is 5.70. The van der Waals surface area contributed by atoms with Crippen LogP contribution in [0.25, 0.3) is 0 Å². The smallest absolute Gasteiger partial charge is 0.0331 e. The van der Waals surface area contributed by atoms with E-state index in [1.54, 1.807) is 0 Å². The minimum absolute atomic E-state index is 0.815. The molecule has 0 aromatic heterocycles. The molecule has 14 heavy (non-hydrogen) atoms. The molecule has 0 aliphatic heterocycles. The van der Waals surface area contributed by atoms with Gasteiger partial charge in [0.05, 0.1) is 0 Å². The van der Waals surface area contributed by atoms with Crippen molar-refractivity contribution in [3.8, 4) is 0 Å². The normalized spacial score (nSPS) is 17.5. The maximum Gasteiger partial charge on any atom is 0.0331 e. The number of benzene rings is 1. The van der Waals surface area contributed by atoms with Crippen LogP contribution in [0.5, 0.6) is 0 Å². The summed E-state index contributed by atoms with van der Waals surface area (Å²) >= 11 is 5.54. The zero-order valence-electron chi connectivity index (χ0n) is 8.00. The fourth-order valence-electron chi connectivity index (χ4n) is 1.80. The van der Waals surface area contributed by atoms with Crippen molar-refractivity contribution in [2.45, 2.75) is 35.8 Å². The summed E-state index contributed by atoms with van der Waals surface area (Å²) in [4.78, 5) is 1.33. The van der Waals surface area contributed by atoms with E-state index in [9.17, 15) is 0 Å². The highest BCUT2D eigenvalue weighted by Gasteiger charge is 2.17. The van der Waals surface area contributed by atoms with E-state index in [0.29, 0.717) is 0 Å². The van der Waals surface area contributed by atoms with Crippen molar-refractivity contribution in [1.29, 1.82) is 0 Å². The third-order valence-corrected chi connectivity index (χ3v) is 4.88. The van der Waals surface area contributed by atoms with Crippen LogP contribution in [0.1, 0.15) is 25.7 Å². The van der Waals surface area contributed by atoms with Crippen LogP contribution in [-0.2, 0) is 0 Å². The standard InChI is InChI=1S/C11H14BrNS/c12-10-7-8(13)5-6-11(10)14-9-3-1-2-4-9/h5-7,9H,1-4,13H2. The molecule has 0 atom stereocenters. The molecule has 0 heterocycles. The summed E-state index contributed by atoms with van der Waals surface area (Å²) < 4.78 is 1.13. The van der Waals surface area contributed by atoms with Crippen molar-refractivity contribution >= 4 is 33.4 Å². The number of hydrogen-bond acceptors (Lipinski definition) is 2. The number of nitrogens with two attached hydrogens (primary N) is 1. The van der Waals surface area contributed by atoms with Gasteiger partial charge in [-0.3, -0.25) is 0 Å². The van der Waals surface area contributed by atoms with E-state index < -0.39 is 0 Å². The number of nitrogen functional groups attached to an aromatic ring is 1. The van der Waals surface area contributed by atoms with Gasteiger partial charge in [0.2, 0.25) is 0 Å². The molecule has 0 amide bonds. The van der Waals surface area contributed by atoms with Gasteiger partial charge in [0, 0.05) is 20.3 Å². The Morgan fingerprint density at radius 1 is 1.29 bits per heavy atom. The first-order valence-corrected chi connectivity index (χ1v) is 6.64. The highest BCUT2D eigenvalue weighted by atomic mass is 79.9. The van der Waals surface area contributed by atoms with E-state index in [-0.39, 0.29) is 0 Å². The van der Waals surface area contributed by atoms with Crippen molar-refractivity contribution in [2.75, 3.05) is 5.73 Å². The molecule has 1 aliphatic carbocycles. The molecule has 0 radical (unpaired) electrons. The van der Waals surface area contributed by atoms with Crippen LogP contribution in [-0.4, -0.2) is 5.25 Å². The Hall–Kier alpha value is -0.150. The summed E-state index contributed by atoms with van der Waals surface area (Å²) in [6.45, 7) is 0. The third kappa shape index (κ3) is 2.45. The molecular weight excluding hydrogens is 258 g/mol. The number of anilines is 1. The molecule has 1 aliphatic rings. The lowest BCUT2D eigenvalue weighted by Gasteiger charge is -2.10. The maximum absolute atomic E-state index is 5.70. The molecule has 76 valence electrons. The summed E-state index contributed by atoms with van der Waals surface area (Å²) in [6.07, 6.45) is 5.51. The van der Waals surface area contributed by atoms with Crippen LogP contribution in [0, 0.1) is 0 Å². The largest absolute Gasteiger partial charge is 0.399 e. The molecule has 0 saturated heterocycles. The fourth-order valence-corrected chi connectivity index (χ4v) is 3.72. The Kier molecular flexibility index (Phi) is 3.39. The summed E-state index contributed by atoms with van der Waals surface area (Å²) in [6, 6.07) is 6.07.